The Morgan fingerprint density at radius 3 is 2.58 bits per heavy atom. The highest BCUT2D eigenvalue weighted by Crippen LogP contribution is 2.22. The molecule has 19 heavy (non-hydrogen) atoms. The average Bonchev–Trinajstić information content (AvgIpc) is 2.38. The van der Waals surface area contributed by atoms with Gasteiger partial charge in [-0.2, -0.15) is 0 Å². The summed E-state index contributed by atoms with van der Waals surface area (Å²) in [5, 5.41) is 8.55. The molecule has 0 atom stereocenters. The number of ether oxygens (including phenoxy) is 1. The Hall–Kier alpha value is -2.23. The summed E-state index contributed by atoms with van der Waals surface area (Å²) in [6.45, 7) is -0.835. The predicted molar refractivity (Wildman–Crippen MR) is 63.7 cm³/mol. The third kappa shape index (κ3) is 2.78. The van der Waals surface area contributed by atoms with Gasteiger partial charge in [0.25, 0.3) is 11.8 Å². The molecular formula is C13H10FNO4. The van der Waals surface area contributed by atoms with Crippen LogP contribution in [0.1, 0.15) is 5.56 Å². The van der Waals surface area contributed by atoms with E-state index in [1.54, 1.807) is 0 Å². The molecule has 0 aliphatic carbocycles. The SMILES string of the molecule is O=C1COCC(=O)N1c1ccc(C#CCO)cc1F. The molecule has 1 saturated heterocycles. The second-order valence-electron chi connectivity index (χ2n) is 3.74. The van der Waals surface area contributed by atoms with Crippen LogP contribution in [0.5, 0.6) is 0 Å². The van der Waals surface area contributed by atoms with Crippen LogP contribution in [0.15, 0.2) is 18.2 Å². The van der Waals surface area contributed by atoms with E-state index in [4.69, 9.17) is 9.84 Å². The van der Waals surface area contributed by atoms with Crippen LogP contribution in [0.3, 0.4) is 0 Å². The van der Waals surface area contributed by atoms with Crippen molar-refractivity contribution in [1.29, 1.82) is 0 Å². The van der Waals surface area contributed by atoms with Gasteiger partial charge in [-0.15, -0.1) is 0 Å². The lowest BCUT2D eigenvalue weighted by Gasteiger charge is -2.25. The van der Waals surface area contributed by atoms with E-state index in [2.05, 4.69) is 11.8 Å². The highest BCUT2D eigenvalue weighted by Gasteiger charge is 2.30. The summed E-state index contributed by atoms with van der Waals surface area (Å²) in [6, 6.07) is 3.88. The topological polar surface area (TPSA) is 66.8 Å². The zero-order valence-electron chi connectivity index (χ0n) is 9.85. The van der Waals surface area contributed by atoms with Crippen LogP contribution < -0.4 is 4.90 Å². The van der Waals surface area contributed by atoms with Crippen LogP contribution in [0.25, 0.3) is 0 Å². The number of rotatable bonds is 1. The monoisotopic (exact) mass is 263 g/mol. The number of anilines is 1. The van der Waals surface area contributed by atoms with Crippen molar-refractivity contribution in [2.24, 2.45) is 0 Å². The average molecular weight is 263 g/mol. The Kier molecular flexibility index (Phi) is 3.90. The lowest BCUT2D eigenvalue weighted by Crippen LogP contribution is -2.46. The van der Waals surface area contributed by atoms with Crippen molar-refractivity contribution < 1.29 is 23.8 Å². The molecule has 6 heteroatoms. The number of morpholine rings is 1. The zero-order chi connectivity index (χ0) is 13.8. The molecule has 1 aromatic carbocycles. The zero-order valence-corrected chi connectivity index (χ0v) is 9.85. The van der Waals surface area contributed by atoms with E-state index in [1.165, 1.54) is 12.1 Å². The molecule has 0 spiro atoms. The molecule has 1 aliphatic heterocycles. The van der Waals surface area contributed by atoms with Gasteiger partial charge >= 0.3 is 0 Å². The van der Waals surface area contributed by atoms with Gasteiger partial charge in [0.15, 0.2) is 0 Å². The highest BCUT2D eigenvalue weighted by atomic mass is 19.1. The molecule has 1 fully saturated rings. The lowest BCUT2D eigenvalue weighted by atomic mass is 10.1. The number of hydrogen-bond acceptors (Lipinski definition) is 4. The summed E-state index contributed by atoms with van der Waals surface area (Å²) in [6.07, 6.45) is 0. The number of carbonyl (C=O) groups is 2. The fourth-order valence-electron chi connectivity index (χ4n) is 1.67. The summed E-state index contributed by atoms with van der Waals surface area (Å²) in [7, 11) is 0. The molecule has 1 heterocycles. The molecule has 98 valence electrons. The normalized spacial score (nSPS) is 15.2. The molecule has 2 rings (SSSR count). The van der Waals surface area contributed by atoms with Crippen molar-refractivity contribution in [2.45, 2.75) is 0 Å². The minimum absolute atomic E-state index is 0.118. The summed E-state index contributed by atoms with van der Waals surface area (Å²) >= 11 is 0. The van der Waals surface area contributed by atoms with E-state index < -0.39 is 17.6 Å². The van der Waals surface area contributed by atoms with Gasteiger partial charge in [-0.05, 0) is 18.2 Å². The van der Waals surface area contributed by atoms with Gasteiger partial charge in [0.2, 0.25) is 0 Å². The Bertz CT molecular complexity index is 572. The van der Waals surface area contributed by atoms with Crippen molar-refractivity contribution in [3.05, 3.63) is 29.6 Å². The minimum Gasteiger partial charge on any atom is -0.384 e. The van der Waals surface area contributed by atoms with E-state index in [9.17, 15) is 14.0 Å². The number of aliphatic hydroxyl groups excluding tert-OH is 1. The number of amides is 2. The van der Waals surface area contributed by atoms with Crippen molar-refractivity contribution in [1.82, 2.24) is 0 Å². The van der Waals surface area contributed by atoms with E-state index in [1.807, 2.05) is 0 Å². The van der Waals surface area contributed by atoms with Gasteiger partial charge in [0, 0.05) is 5.56 Å². The van der Waals surface area contributed by atoms with Crippen molar-refractivity contribution >= 4 is 17.5 Å². The first-order valence-corrected chi connectivity index (χ1v) is 5.46. The summed E-state index contributed by atoms with van der Waals surface area (Å²) < 4.78 is 18.6. The fourth-order valence-corrected chi connectivity index (χ4v) is 1.67. The molecule has 0 unspecified atom stereocenters. The van der Waals surface area contributed by atoms with Crippen LogP contribution in [-0.4, -0.2) is 36.7 Å². The Morgan fingerprint density at radius 1 is 1.32 bits per heavy atom. The summed E-state index contributed by atoms with van der Waals surface area (Å²) in [4.78, 5) is 23.9. The van der Waals surface area contributed by atoms with Crippen LogP contribution in [0, 0.1) is 17.7 Å². The maximum atomic E-state index is 13.9. The number of aliphatic hydroxyl groups is 1. The Labute approximate surface area is 108 Å². The predicted octanol–water partition coefficient (Wildman–Crippen LogP) is 0.0593. The second-order valence-corrected chi connectivity index (χ2v) is 3.74. The Balaban J connectivity index is 2.35. The van der Waals surface area contributed by atoms with Crippen molar-refractivity contribution in [2.75, 3.05) is 24.7 Å². The summed E-state index contributed by atoms with van der Waals surface area (Å²) in [5.74, 6) is 2.97. The Morgan fingerprint density at radius 2 is 2.00 bits per heavy atom. The first-order chi connectivity index (χ1) is 9.13. The maximum Gasteiger partial charge on any atom is 0.259 e. The number of carbonyl (C=O) groups excluding carboxylic acids is 2. The molecule has 1 N–H and O–H groups in total. The molecule has 1 aliphatic rings. The smallest absolute Gasteiger partial charge is 0.259 e. The van der Waals surface area contributed by atoms with Crippen LogP contribution in [0.2, 0.25) is 0 Å². The number of imide groups is 1. The first-order valence-electron chi connectivity index (χ1n) is 5.46. The van der Waals surface area contributed by atoms with Gasteiger partial charge in [-0.1, -0.05) is 11.8 Å². The molecule has 2 amide bonds. The van der Waals surface area contributed by atoms with E-state index >= 15 is 0 Å². The standard InChI is InChI=1S/C13H10FNO4/c14-10-6-9(2-1-5-16)3-4-11(10)15-12(17)7-19-8-13(15)18/h3-4,6,16H,5,7-8H2. The lowest BCUT2D eigenvalue weighted by molar-refractivity contribution is -0.138. The molecular weight excluding hydrogens is 253 g/mol. The number of halogens is 1. The van der Waals surface area contributed by atoms with Gasteiger partial charge in [0.05, 0.1) is 5.69 Å². The maximum absolute atomic E-state index is 13.9. The highest BCUT2D eigenvalue weighted by molar-refractivity contribution is 6.17. The van der Waals surface area contributed by atoms with Gasteiger partial charge in [-0.3, -0.25) is 9.59 Å². The molecule has 0 radical (unpaired) electrons. The summed E-state index contributed by atoms with van der Waals surface area (Å²) in [5.41, 5.74) is 0.233. The molecule has 0 saturated carbocycles. The molecule has 5 nitrogen and oxygen atoms in total. The van der Waals surface area contributed by atoms with E-state index in [0.717, 1.165) is 11.0 Å². The third-order valence-electron chi connectivity index (χ3n) is 2.45. The third-order valence-corrected chi connectivity index (χ3v) is 2.45. The van der Waals surface area contributed by atoms with E-state index in [0.29, 0.717) is 5.56 Å². The molecule has 1 aromatic rings. The quantitative estimate of drug-likeness (QED) is 0.574. The second kappa shape index (κ2) is 5.61. The number of nitrogens with zero attached hydrogens (tertiary/aromatic N) is 1. The minimum atomic E-state index is -0.728. The molecule has 0 bridgehead atoms. The van der Waals surface area contributed by atoms with Gasteiger partial charge in [-0.25, -0.2) is 9.29 Å². The largest absolute Gasteiger partial charge is 0.384 e. The van der Waals surface area contributed by atoms with Crippen LogP contribution >= 0.6 is 0 Å². The molecule has 0 aromatic heterocycles. The van der Waals surface area contributed by atoms with Crippen molar-refractivity contribution in [3.63, 3.8) is 0 Å². The van der Waals surface area contributed by atoms with Crippen molar-refractivity contribution in [3.8, 4) is 11.8 Å². The number of hydrogen-bond donors (Lipinski definition) is 1. The fraction of sp³-hybridized carbons (Fsp3) is 0.231. The van der Waals surface area contributed by atoms with E-state index in [-0.39, 0.29) is 25.5 Å². The van der Waals surface area contributed by atoms with Gasteiger partial charge < -0.3 is 9.84 Å². The van der Waals surface area contributed by atoms with Crippen LogP contribution in [-0.2, 0) is 14.3 Å². The first kappa shape index (κ1) is 13.2. The van der Waals surface area contributed by atoms with Gasteiger partial charge in [0.1, 0.15) is 25.6 Å². The van der Waals surface area contributed by atoms with Crippen LogP contribution in [0.4, 0.5) is 10.1 Å². The number of benzene rings is 1.